The van der Waals surface area contributed by atoms with Crippen LogP contribution in [0.25, 0.3) is 0 Å². The zero-order valence-corrected chi connectivity index (χ0v) is 8.94. The summed E-state index contributed by atoms with van der Waals surface area (Å²) in [5, 5.41) is 0. The average molecular weight is 215 g/mol. The molecule has 0 bridgehead atoms. The highest BCUT2D eigenvalue weighted by Gasteiger charge is 2.03. The maximum absolute atomic E-state index is 13.3. The average Bonchev–Trinajstić information content (AvgIpc) is 2.20. The lowest BCUT2D eigenvalue weighted by Crippen LogP contribution is -2.03. The van der Waals surface area contributed by atoms with E-state index in [4.69, 9.17) is 10.5 Å². The molecule has 0 saturated heterocycles. The van der Waals surface area contributed by atoms with E-state index in [1.807, 2.05) is 6.26 Å². The van der Waals surface area contributed by atoms with Gasteiger partial charge in [-0.1, -0.05) is 6.07 Å². The third-order valence-corrected chi connectivity index (χ3v) is 2.35. The summed E-state index contributed by atoms with van der Waals surface area (Å²) in [6.45, 7) is 0.877. The number of benzene rings is 1. The molecule has 0 atom stereocenters. The van der Waals surface area contributed by atoms with E-state index in [1.165, 1.54) is 6.07 Å². The van der Waals surface area contributed by atoms with Crippen LogP contribution in [0, 0.1) is 5.82 Å². The van der Waals surface area contributed by atoms with Crippen LogP contribution in [0.4, 0.5) is 4.39 Å². The second-order valence-corrected chi connectivity index (χ2v) is 3.80. The van der Waals surface area contributed by atoms with Crippen LogP contribution in [0.3, 0.4) is 0 Å². The molecule has 4 heteroatoms. The Kier molecular flexibility index (Phi) is 4.76. The largest absolute Gasteiger partial charge is 0.490 e. The van der Waals surface area contributed by atoms with Crippen molar-refractivity contribution < 1.29 is 9.13 Å². The van der Waals surface area contributed by atoms with Crippen molar-refractivity contribution in [3.8, 4) is 5.75 Å². The molecule has 14 heavy (non-hydrogen) atoms. The van der Waals surface area contributed by atoms with E-state index in [0.29, 0.717) is 18.9 Å². The molecule has 0 radical (unpaired) electrons. The van der Waals surface area contributed by atoms with Crippen molar-refractivity contribution >= 4 is 11.8 Å². The summed E-state index contributed by atoms with van der Waals surface area (Å²) in [4.78, 5) is 0. The molecule has 0 fully saturated rings. The molecule has 2 nitrogen and oxygen atoms in total. The second kappa shape index (κ2) is 5.88. The highest BCUT2D eigenvalue weighted by atomic mass is 32.2. The molecule has 0 aliphatic carbocycles. The van der Waals surface area contributed by atoms with E-state index < -0.39 is 0 Å². The summed E-state index contributed by atoms with van der Waals surface area (Å²) in [6.07, 6.45) is 1.98. The van der Waals surface area contributed by atoms with Crippen molar-refractivity contribution in [2.75, 3.05) is 18.6 Å². The first-order chi connectivity index (χ1) is 6.77. The van der Waals surface area contributed by atoms with Crippen molar-refractivity contribution in [3.63, 3.8) is 0 Å². The molecule has 78 valence electrons. The topological polar surface area (TPSA) is 35.2 Å². The van der Waals surface area contributed by atoms with E-state index in [2.05, 4.69) is 0 Å². The number of hydrogen-bond acceptors (Lipinski definition) is 3. The normalized spacial score (nSPS) is 10.2. The van der Waals surface area contributed by atoms with Crippen LogP contribution in [0.15, 0.2) is 18.2 Å². The van der Waals surface area contributed by atoms with E-state index in [0.717, 1.165) is 11.3 Å². The van der Waals surface area contributed by atoms with Crippen LogP contribution in [0.2, 0.25) is 0 Å². The Morgan fingerprint density at radius 1 is 1.50 bits per heavy atom. The Hall–Kier alpha value is -0.740. The molecule has 1 rings (SSSR count). The first-order valence-electron chi connectivity index (χ1n) is 4.38. The number of nitrogens with two attached hydrogens (primary N) is 1. The van der Waals surface area contributed by atoms with Crippen molar-refractivity contribution in [2.45, 2.75) is 6.54 Å². The molecule has 0 amide bonds. The van der Waals surface area contributed by atoms with Crippen LogP contribution in [-0.4, -0.2) is 18.6 Å². The van der Waals surface area contributed by atoms with Crippen LogP contribution in [0.1, 0.15) is 5.56 Å². The lowest BCUT2D eigenvalue weighted by Gasteiger charge is -2.07. The van der Waals surface area contributed by atoms with Gasteiger partial charge in [-0.25, -0.2) is 4.39 Å². The molecule has 2 N–H and O–H groups in total. The van der Waals surface area contributed by atoms with Crippen molar-refractivity contribution in [1.29, 1.82) is 0 Å². The maximum Gasteiger partial charge on any atom is 0.165 e. The minimum atomic E-state index is -0.339. The second-order valence-electron chi connectivity index (χ2n) is 2.81. The van der Waals surface area contributed by atoms with Gasteiger partial charge in [-0.05, 0) is 24.0 Å². The zero-order valence-electron chi connectivity index (χ0n) is 8.13. The van der Waals surface area contributed by atoms with Gasteiger partial charge in [0.15, 0.2) is 11.6 Å². The summed E-state index contributed by atoms with van der Waals surface area (Å²) >= 11 is 1.67. The summed E-state index contributed by atoms with van der Waals surface area (Å²) in [5.41, 5.74) is 6.16. The molecule has 0 aromatic heterocycles. The fourth-order valence-electron chi connectivity index (χ4n) is 1.02. The summed E-state index contributed by atoms with van der Waals surface area (Å²) in [7, 11) is 0. The summed E-state index contributed by atoms with van der Waals surface area (Å²) in [6, 6.07) is 4.81. The van der Waals surface area contributed by atoms with Crippen LogP contribution < -0.4 is 10.5 Å². The quantitative estimate of drug-likeness (QED) is 0.763. The minimum Gasteiger partial charge on any atom is -0.490 e. The van der Waals surface area contributed by atoms with Crippen molar-refractivity contribution in [3.05, 3.63) is 29.6 Å². The molecule has 0 unspecified atom stereocenters. The fourth-order valence-corrected chi connectivity index (χ4v) is 1.27. The van der Waals surface area contributed by atoms with Gasteiger partial charge in [-0.2, -0.15) is 11.8 Å². The highest BCUT2D eigenvalue weighted by molar-refractivity contribution is 7.98. The molecular weight excluding hydrogens is 201 g/mol. The van der Waals surface area contributed by atoms with Crippen LogP contribution in [0.5, 0.6) is 5.75 Å². The van der Waals surface area contributed by atoms with Crippen LogP contribution in [-0.2, 0) is 6.54 Å². The van der Waals surface area contributed by atoms with E-state index in [-0.39, 0.29) is 5.82 Å². The van der Waals surface area contributed by atoms with Crippen LogP contribution >= 0.6 is 11.8 Å². The number of ether oxygens (including phenoxy) is 1. The Labute approximate surface area is 87.6 Å². The Balaban J connectivity index is 2.59. The monoisotopic (exact) mass is 215 g/mol. The Bertz CT molecular complexity index is 293. The maximum atomic E-state index is 13.3. The lowest BCUT2D eigenvalue weighted by atomic mass is 10.2. The molecule has 0 aliphatic heterocycles. The van der Waals surface area contributed by atoms with Crippen molar-refractivity contribution in [1.82, 2.24) is 0 Å². The molecule has 0 saturated carbocycles. The Morgan fingerprint density at radius 3 is 2.86 bits per heavy atom. The molecule has 0 heterocycles. The Morgan fingerprint density at radius 2 is 2.29 bits per heavy atom. The van der Waals surface area contributed by atoms with E-state index in [1.54, 1.807) is 23.9 Å². The highest BCUT2D eigenvalue weighted by Crippen LogP contribution is 2.18. The van der Waals surface area contributed by atoms with Gasteiger partial charge in [0.1, 0.15) is 0 Å². The summed E-state index contributed by atoms with van der Waals surface area (Å²) < 4.78 is 18.5. The number of hydrogen-bond donors (Lipinski definition) is 1. The number of rotatable bonds is 5. The van der Waals surface area contributed by atoms with E-state index in [9.17, 15) is 4.39 Å². The first-order valence-corrected chi connectivity index (χ1v) is 5.77. The SMILES string of the molecule is CSCCOc1ccc(CN)cc1F. The molecule has 1 aromatic carbocycles. The van der Waals surface area contributed by atoms with Crippen molar-refractivity contribution in [2.24, 2.45) is 5.73 Å². The van der Waals surface area contributed by atoms with Gasteiger partial charge in [0.05, 0.1) is 6.61 Å². The fraction of sp³-hybridized carbons (Fsp3) is 0.400. The smallest absolute Gasteiger partial charge is 0.165 e. The van der Waals surface area contributed by atoms with Gasteiger partial charge in [0.2, 0.25) is 0 Å². The van der Waals surface area contributed by atoms with Gasteiger partial charge >= 0.3 is 0 Å². The molecule has 0 aliphatic rings. The standard InChI is InChI=1S/C10H14FNOS/c1-14-5-4-13-10-3-2-8(7-12)6-9(10)11/h2-3,6H,4-5,7,12H2,1H3. The van der Waals surface area contributed by atoms with Gasteiger partial charge in [-0.3, -0.25) is 0 Å². The first kappa shape index (κ1) is 11.3. The molecule has 0 spiro atoms. The number of thioether (sulfide) groups is 1. The predicted molar refractivity (Wildman–Crippen MR) is 58.2 cm³/mol. The third-order valence-electron chi connectivity index (χ3n) is 1.78. The van der Waals surface area contributed by atoms with E-state index >= 15 is 0 Å². The minimum absolute atomic E-state index is 0.302. The van der Waals surface area contributed by atoms with Gasteiger partial charge in [0, 0.05) is 12.3 Å². The molecule has 1 aromatic rings. The van der Waals surface area contributed by atoms with Gasteiger partial charge < -0.3 is 10.5 Å². The zero-order chi connectivity index (χ0) is 10.4. The predicted octanol–water partition coefficient (Wildman–Crippen LogP) is 2.03. The lowest BCUT2D eigenvalue weighted by molar-refractivity contribution is 0.324. The molecular formula is C10H14FNOS. The van der Waals surface area contributed by atoms with Gasteiger partial charge in [-0.15, -0.1) is 0 Å². The number of halogens is 1. The van der Waals surface area contributed by atoms with Gasteiger partial charge in [0.25, 0.3) is 0 Å². The third kappa shape index (κ3) is 3.20. The summed E-state index contributed by atoms with van der Waals surface area (Å²) in [5.74, 6) is 0.822.